The molecule has 0 atom stereocenters. The minimum absolute atomic E-state index is 0.261. The fourth-order valence-corrected chi connectivity index (χ4v) is 1.36. The number of alkyl halides is 3. The fraction of sp³-hybridized carbons (Fsp3) is 1.00. The maximum atomic E-state index is 11.8. The van der Waals surface area contributed by atoms with Crippen LogP contribution in [0.2, 0.25) is 0 Å². The number of hydrogen-bond acceptors (Lipinski definition) is 0. The monoisotopic (exact) mass is 212 g/mol. The van der Waals surface area contributed by atoms with E-state index in [-0.39, 0.29) is 6.42 Å². The summed E-state index contributed by atoms with van der Waals surface area (Å²) in [5, 5.41) is 0. The molecule has 0 amide bonds. The molecule has 0 fully saturated rings. The zero-order valence-electron chi connectivity index (χ0n) is 9.32. The first-order valence-electron chi connectivity index (χ1n) is 5.23. The summed E-state index contributed by atoms with van der Waals surface area (Å²) >= 11 is 0. The zero-order valence-corrected chi connectivity index (χ0v) is 9.32. The van der Waals surface area contributed by atoms with Crippen LogP contribution in [0.4, 0.5) is 13.2 Å². The van der Waals surface area contributed by atoms with E-state index in [2.05, 4.69) is 20.9 Å². The molecule has 86 valence electrons. The van der Waals surface area contributed by atoms with Gasteiger partial charge in [-0.25, -0.2) is 0 Å². The summed E-state index contributed by atoms with van der Waals surface area (Å²) < 4.78 is 36.4. The highest BCUT2D eigenvalue weighted by molar-refractivity contribution is 4.50. The second-order valence-corrected chi connectivity index (χ2v) is 4.05. The molecular weight excluding hydrogens is 191 g/mol. The van der Waals surface area contributed by atoms with Crippen molar-refractivity contribution in [3.63, 3.8) is 0 Å². The normalized spacial score (nSPS) is 13.3. The van der Waals surface area contributed by atoms with Gasteiger partial charge in [0.25, 0.3) is 0 Å². The summed E-state index contributed by atoms with van der Waals surface area (Å²) in [6.07, 6.45) is -3.70. The van der Waals surface area contributed by atoms with E-state index in [0.29, 0.717) is 6.42 Å². The molecule has 4 heteroatoms. The van der Waals surface area contributed by atoms with Gasteiger partial charge in [-0.3, -0.25) is 0 Å². The maximum absolute atomic E-state index is 11.8. The highest BCUT2D eigenvalue weighted by Crippen LogP contribution is 2.22. The maximum Gasteiger partial charge on any atom is 0.389 e. The van der Waals surface area contributed by atoms with Crippen molar-refractivity contribution in [2.24, 2.45) is 0 Å². The first-order chi connectivity index (χ1) is 6.33. The molecule has 0 aromatic rings. The van der Waals surface area contributed by atoms with Crippen molar-refractivity contribution >= 4 is 0 Å². The Labute approximate surface area is 84.5 Å². The van der Waals surface area contributed by atoms with Gasteiger partial charge in [0, 0.05) is 6.42 Å². The van der Waals surface area contributed by atoms with Crippen LogP contribution in [-0.2, 0) is 0 Å². The largest absolute Gasteiger partial charge is 0.389 e. The van der Waals surface area contributed by atoms with Crippen molar-refractivity contribution < 1.29 is 17.7 Å². The Morgan fingerprint density at radius 1 is 1.00 bits per heavy atom. The van der Waals surface area contributed by atoms with Crippen LogP contribution in [0.5, 0.6) is 0 Å². The minimum Gasteiger partial charge on any atom is -0.327 e. The van der Waals surface area contributed by atoms with Gasteiger partial charge in [-0.05, 0) is 26.7 Å². The van der Waals surface area contributed by atoms with Gasteiger partial charge in [-0.15, -0.1) is 0 Å². The predicted octanol–water partition coefficient (Wildman–Crippen LogP) is 3.21. The van der Waals surface area contributed by atoms with Gasteiger partial charge in [-0.2, -0.15) is 13.2 Å². The van der Waals surface area contributed by atoms with E-state index in [1.807, 2.05) is 0 Å². The summed E-state index contributed by atoms with van der Waals surface area (Å²) in [6.45, 7) is 6.98. The van der Waals surface area contributed by atoms with Crippen LogP contribution in [0.15, 0.2) is 0 Å². The SMILES string of the molecule is CC[N+](C)(CC)CCCCC(F)(F)F. The molecule has 0 heterocycles. The average Bonchev–Trinajstić information content (AvgIpc) is 2.11. The van der Waals surface area contributed by atoms with Gasteiger partial charge in [0.2, 0.25) is 0 Å². The van der Waals surface area contributed by atoms with Gasteiger partial charge < -0.3 is 4.48 Å². The lowest BCUT2D eigenvalue weighted by Crippen LogP contribution is -2.44. The number of unbranched alkanes of at least 4 members (excludes halogenated alkanes) is 1. The van der Waals surface area contributed by atoms with E-state index in [1.165, 1.54) is 0 Å². The van der Waals surface area contributed by atoms with E-state index >= 15 is 0 Å². The Morgan fingerprint density at radius 2 is 1.50 bits per heavy atom. The van der Waals surface area contributed by atoms with Crippen LogP contribution in [0.3, 0.4) is 0 Å². The number of halogens is 3. The van der Waals surface area contributed by atoms with Crippen LogP contribution >= 0.6 is 0 Å². The zero-order chi connectivity index (χ0) is 11.2. The average molecular weight is 212 g/mol. The molecule has 0 saturated carbocycles. The molecule has 0 aliphatic heterocycles. The molecular formula is C10H21F3N+. The second-order valence-electron chi connectivity index (χ2n) is 4.05. The summed E-state index contributed by atoms with van der Waals surface area (Å²) in [7, 11) is 2.09. The molecule has 14 heavy (non-hydrogen) atoms. The summed E-state index contributed by atoms with van der Waals surface area (Å²) in [6, 6.07) is 0. The second kappa shape index (κ2) is 5.59. The van der Waals surface area contributed by atoms with Crippen molar-refractivity contribution in [2.45, 2.75) is 39.3 Å². The van der Waals surface area contributed by atoms with Crippen molar-refractivity contribution in [1.29, 1.82) is 0 Å². The predicted molar refractivity (Wildman–Crippen MR) is 52.0 cm³/mol. The fourth-order valence-electron chi connectivity index (χ4n) is 1.36. The first kappa shape index (κ1) is 13.8. The quantitative estimate of drug-likeness (QED) is 0.468. The number of rotatable bonds is 6. The van der Waals surface area contributed by atoms with Crippen LogP contribution in [0.1, 0.15) is 33.1 Å². The minimum atomic E-state index is -3.98. The van der Waals surface area contributed by atoms with Gasteiger partial charge in [0.15, 0.2) is 0 Å². The smallest absolute Gasteiger partial charge is 0.327 e. The van der Waals surface area contributed by atoms with E-state index in [4.69, 9.17) is 0 Å². The Kier molecular flexibility index (Phi) is 5.49. The molecule has 0 aromatic carbocycles. The third kappa shape index (κ3) is 6.24. The highest BCUT2D eigenvalue weighted by atomic mass is 19.4. The lowest BCUT2D eigenvalue weighted by molar-refractivity contribution is -0.906. The number of nitrogens with zero attached hydrogens (tertiary/aromatic N) is 1. The van der Waals surface area contributed by atoms with Gasteiger partial charge >= 0.3 is 6.18 Å². The Hall–Kier alpha value is -0.250. The van der Waals surface area contributed by atoms with E-state index in [1.54, 1.807) is 0 Å². The topological polar surface area (TPSA) is 0 Å². The third-order valence-electron chi connectivity index (χ3n) is 2.94. The Bertz CT molecular complexity index is 150. The van der Waals surface area contributed by atoms with E-state index in [0.717, 1.165) is 24.1 Å². The number of quaternary nitrogens is 1. The molecule has 0 bridgehead atoms. The number of hydrogen-bond donors (Lipinski definition) is 0. The summed E-state index contributed by atoms with van der Waals surface area (Å²) in [4.78, 5) is 0. The Balaban J connectivity index is 3.63. The highest BCUT2D eigenvalue weighted by Gasteiger charge is 2.26. The van der Waals surface area contributed by atoms with Crippen LogP contribution in [0.25, 0.3) is 0 Å². The molecule has 0 aliphatic carbocycles. The van der Waals surface area contributed by atoms with Gasteiger partial charge in [-0.1, -0.05) is 0 Å². The van der Waals surface area contributed by atoms with Crippen molar-refractivity contribution in [3.05, 3.63) is 0 Å². The molecule has 0 radical (unpaired) electrons. The third-order valence-corrected chi connectivity index (χ3v) is 2.94. The molecule has 1 nitrogen and oxygen atoms in total. The van der Waals surface area contributed by atoms with E-state index in [9.17, 15) is 13.2 Å². The molecule has 0 saturated heterocycles. The molecule has 0 unspecified atom stereocenters. The standard InChI is InChI=1S/C10H21F3N/c1-4-14(3,5-2)9-7-6-8-10(11,12)13/h4-9H2,1-3H3/q+1. The van der Waals surface area contributed by atoms with Crippen molar-refractivity contribution in [1.82, 2.24) is 0 Å². The lowest BCUT2D eigenvalue weighted by atomic mass is 10.2. The molecule has 0 rings (SSSR count). The molecule has 0 aliphatic rings. The van der Waals surface area contributed by atoms with Crippen LogP contribution in [0, 0.1) is 0 Å². The molecule has 0 spiro atoms. The molecule has 0 aromatic heterocycles. The lowest BCUT2D eigenvalue weighted by Gasteiger charge is -2.32. The van der Waals surface area contributed by atoms with Crippen molar-refractivity contribution in [3.8, 4) is 0 Å². The van der Waals surface area contributed by atoms with Gasteiger partial charge in [0.05, 0.1) is 26.7 Å². The van der Waals surface area contributed by atoms with Gasteiger partial charge in [0.1, 0.15) is 0 Å². The summed E-state index contributed by atoms with van der Waals surface area (Å²) in [5.41, 5.74) is 0. The molecule has 0 N–H and O–H groups in total. The summed E-state index contributed by atoms with van der Waals surface area (Å²) in [5.74, 6) is 0. The van der Waals surface area contributed by atoms with Crippen LogP contribution < -0.4 is 0 Å². The van der Waals surface area contributed by atoms with E-state index < -0.39 is 12.6 Å². The first-order valence-corrected chi connectivity index (χ1v) is 5.23. The van der Waals surface area contributed by atoms with Crippen LogP contribution in [-0.4, -0.2) is 37.3 Å². The Morgan fingerprint density at radius 3 is 1.86 bits per heavy atom. The van der Waals surface area contributed by atoms with Crippen molar-refractivity contribution in [2.75, 3.05) is 26.7 Å².